The van der Waals surface area contributed by atoms with E-state index in [-0.39, 0.29) is 5.84 Å². The van der Waals surface area contributed by atoms with Gasteiger partial charge in [-0.05, 0) is 36.6 Å². The smallest absolute Gasteiger partial charge is 0.123 e. The average molecular weight is 233 g/mol. The SMILES string of the molecule is CCC(C)CN(C)c1ccc(C(=N)N)c(C)c1. The fraction of sp³-hybridized carbons (Fsp3) is 0.500. The molecule has 0 bridgehead atoms. The van der Waals surface area contributed by atoms with Crippen molar-refractivity contribution < 1.29 is 0 Å². The Bertz CT molecular complexity index is 398. The van der Waals surface area contributed by atoms with Crippen molar-refractivity contribution in [2.24, 2.45) is 11.7 Å². The lowest BCUT2D eigenvalue weighted by Gasteiger charge is -2.23. The van der Waals surface area contributed by atoms with Gasteiger partial charge < -0.3 is 10.6 Å². The summed E-state index contributed by atoms with van der Waals surface area (Å²) < 4.78 is 0. The molecule has 3 N–H and O–H groups in total. The number of benzene rings is 1. The molecule has 0 aliphatic rings. The quantitative estimate of drug-likeness (QED) is 0.607. The van der Waals surface area contributed by atoms with Crippen LogP contribution in [-0.2, 0) is 0 Å². The number of amidine groups is 1. The van der Waals surface area contributed by atoms with Crippen LogP contribution in [0.5, 0.6) is 0 Å². The van der Waals surface area contributed by atoms with E-state index < -0.39 is 0 Å². The number of aryl methyl sites for hydroxylation is 1. The highest BCUT2D eigenvalue weighted by Gasteiger charge is 2.08. The molecular formula is C14H23N3. The van der Waals surface area contributed by atoms with E-state index in [0.29, 0.717) is 5.92 Å². The lowest BCUT2D eigenvalue weighted by atomic mass is 10.1. The summed E-state index contributed by atoms with van der Waals surface area (Å²) in [7, 11) is 2.11. The molecule has 1 aromatic rings. The van der Waals surface area contributed by atoms with E-state index in [2.05, 4.69) is 31.9 Å². The van der Waals surface area contributed by atoms with E-state index >= 15 is 0 Å². The van der Waals surface area contributed by atoms with E-state index in [4.69, 9.17) is 11.1 Å². The maximum absolute atomic E-state index is 7.46. The summed E-state index contributed by atoms with van der Waals surface area (Å²) in [6.45, 7) is 7.52. The Kier molecular flexibility index (Phi) is 4.55. The maximum Gasteiger partial charge on any atom is 0.123 e. The molecule has 3 nitrogen and oxygen atoms in total. The predicted molar refractivity (Wildman–Crippen MR) is 74.9 cm³/mol. The third-order valence-corrected chi connectivity index (χ3v) is 3.22. The molecule has 1 rings (SSSR count). The number of rotatable bonds is 5. The predicted octanol–water partition coefficient (Wildman–Crippen LogP) is 2.76. The van der Waals surface area contributed by atoms with Crippen LogP contribution in [0.2, 0.25) is 0 Å². The van der Waals surface area contributed by atoms with Crippen molar-refractivity contribution in [2.75, 3.05) is 18.5 Å². The maximum atomic E-state index is 7.46. The van der Waals surface area contributed by atoms with Crippen LogP contribution in [0.1, 0.15) is 31.4 Å². The Morgan fingerprint density at radius 1 is 1.47 bits per heavy atom. The first-order valence-electron chi connectivity index (χ1n) is 6.11. The lowest BCUT2D eigenvalue weighted by Crippen LogP contribution is -2.24. The first-order chi connectivity index (χ1) is 7.95. The van der Waals surface area contributed by atoms with Crippen LogP contribution in [0.3, 0.4) is 0 Å². The van der Waals surface area contributed by atoms with Crippen LogP contribution in [0, 0.1) is 18.3 Å². The molecule has 94 valence electrons. The molecule has 0 heterocycles. The second-order valence-corrected chi connectivity index (χ2v) is 4.81. The number of nitrogens with zero attached hydrogens (tertiary/aromatic N) is 1. The fourth-order valence-electron chi connectivity index (χ4n) is 1.89. The van der Waals surface area contributed by atoms with Gasteiger partial charge in [0.1, 0.15) is 5.84 Å². The van der Waals surface area contributed by atoms with Crippen LogP contribution in [0.25, 0.3) is 0 Å². The van der Waals surface area contributed by atoms with Crippen LogP contribution in [-0.4, -0.2) is 19.4 Å². The normalized spacial score (nSPS) is 12.2. The zero-order chi connectivity index (χ0) is 13.0. The zero-order valence-electron chi connectivity index (χ0n) is 11.2. The minimum atomic E-state index is 0.138. The summed E-state index contributed by atoms with van der Waals surface area (Å²) in [6.07, 6.45) is 1.19. The molecule has 1 aromatic carbocycles. The molecule has 0 saturated heterocycles. The zero-order valence-corrected chi connectivity index (χ0v) is 11.2. The van der Waals surface area contributed by atoms with Gasteiger partial charge in [-0.2, -0.15) is 0 Å². The molecule has 0 spiro atoms. The Labute approximate surface area is 104 Å². The Morgan fingerprint density at radius 3 is 2.59 bits per heavy atom. The first-order valence-corrected chi connectivity index (χ1v) is 6.11. The van der Waals surface area contributed by atoms with E-state index in [1.807, 2.05) is 19.1 Å². The van der Waals surface area contributed by atoms with Crippen LogP contribution in [0.15, 0.2) is 18.2 Å². The van der Waals surface area contributed by atoms with Gasteiger partial charge >= 0.3 is 0 Å². The fourth-order valence-corrected chi connectivity index (χ4v) is 1.89. The largest absolute Gasteiger partial charge is 0.384 e. The molecule has 0 amide bonds. The van der Waals surface area contributed by atoms with Crippen LogP contribution in [0.4, 0.5) is 5.69 Å². The van der Waals surface area contributed by atoms with Gasteiger partial charge in [0, 0.05) is 24.8 Å². The first kappa shape index (κ1) is 13.6. The number of nitrogens with one attached hydrogen (secondary N) is 1. The molecule has 0 aromatic heterocycles. The highest BCUT2D eigenvalue weighted by atomic mass is 15.1. The Morgan fingerprint density at radius 2 is 2.12 bits per heavy atom. The molecule has 3 heteroatoms. The molecule has 17 heavy (non-hydrogen) atoms. The average Bonchev–Trinajstić information content (AvgIpc) is 2.28. The van der Waals surface area contributed by atoms with Crippen LogP contribution < -0.4 is 10.6 Å². The van der Waals surface area contributed by atoms with Gasteiger partial charge in [-0.15, -0.1) is 0 Å². The standard InChI is InChI=1S/C14H23N3/c1-5-10(2)9-17(4)12-6-7-13(14(15)16)11(3)8-12/h6-8,10H,5,9H2,1-4H3,(H3,15,16). The summed E-state index contributed by atoms with van der Waals surface area (Å²) >= 11 is 0. The molecule has 0 fully saturated rings. The summed E-state index contributed by atoms with van der Waals surface area (Å²) in [5.41, 5.74) is 8.59. The number of hydrogen-bond acceptors (Lipinski definition) is 2. The van der Waals surface area contributed by atoms with Crippen molar-refractivity contribution in [1.82, 2.24) is 0 Å². The molecular weight excluding hydrogens is 210 g/mol. The third-order valence-electron chi connectivity index (χ3n) is 3.22. The Balaban J connectivity index is 2.86. The molecule has 0 saturated carbocycles. The highest BCUT2D eigenvalue weighted by molar-refractivity contribution is 5.96. The third kappa shape index (κ3) is 3.48. The van der Waals surface area contributed by atoms with Gasteiger partial charge in [-0.1, -0.05) is 20.3 Å². The monoisotopic (exact) mass is 233 g/mol. The number of nitrogens with two attached hydrogens (primary N) is 1. The second kappa shape index (κ2) is 5.71. The number of anilines is 1. The molecule has 0 aliphatic carbocycles. The molecule has 1 atom stereocenters. The van der Waals surface area contributed by atoms with Gasteiger partial charge in [0.05, 0.1) is 0 Å². The van der Waals surface area contributed by atoms with Crippen molar-refractivity contribution >= 4 is 11.5 Å². The second-order valence-electron chi connectivity index (χ2n) is 4.81. The molecule has 0 aliphatic heterocycles. The van der Waals surface area contributed by atoms with E-state index in [1.54, 1.807) is 0 Å². The number of nitrogen functional groups attached to an aromatic ring is 1. The van der Waals surface area contributed by atoms with Crippen molar-refractivity contribution in [3.8, 4) is 0 Å². The van der Waals surface area contributed by atoms with E-state index in [9.17, 15) is 0 Å². The van der Waals surface area contributed by atoms with Gasteiger partial charge in [-0.25, -0.2) is 0 Å². The topological polar surface area (TPSA) is 53.1 Å². The van der Waals surface area contributed by atoms with Crippen molar-refractivity contribution in [2.45, 2.75) is 27.2 Å². The van der Waals surface area contributed by atoms with Crippen molar-refractivity contribution in [3.05, 3.63) is 29.3 Å². The summed E-state index contributed by atoms with van der Waals surface area (Å²) in [5.74, 6) is 0.825. The van der Waals surface area contributed by atoms with Gasteiger partial charge in [0.2, 0.25) is 0 Å². The minimum absolute atomic E-state index is 0.138. The summed E-state index contributed by atoms with van der Waals surface area (Å²) in [6, 6.07) is 6.06. The Hall–Kier alpha value is -1.51. The lowest BCUT2D eigenvalue weighted by molar-refractivity contribution is 0.560. The van der Waals surface area contributed by atoms with Gasteiger partial charge in [-0.3, -0.25) is 5.41 Å². The van der Waals surface area contributed by atoms with Crippen molar-refractivity contribution in [1.29, 1.82) is 5.41 Å². The highest BCUT2D eigenvalue weighted by Crippen LogP contribution is 2.19. The minimum Gasteiger partial charge on any atom is -0.384 e. The number of hydrogen-bond donors (Lipinski definition) is 2. The van der Waals surface area contributed by atoms with Crippen molar-refractivity contribution in [3.63, 3.8) is 0 Å². The molecule has 0 radical (unpaired) electrons. The van der Waals surface area contributed by atoms with Crippen LogP contribution >= 0.6 is 0 Å². The molecule has 1 unspecified atom stereocenters. The van der Waals surface area contributed by atoms with E-state index in [1.165, 1.54) is 12.1 Å². The summed E-state index contributed by atoms with van der Waals surface area (Å²) in [5, 5.41) is 7.46. The van der Waals surface area contributed by atoms with Gasteiger partial charge in [0.15, 0.2) is 0 Å². The summed E-state index contributed by atoms with van der Waals surface area (Å²) in [4.78, 5) is 2.26. The van der Waals surface area contributed by atoms with E-state index in [0.717, 1.165) is 17.7 Å². The van der Waals surface area contributed by atoms with Gasteiger partial charge in [0.25, 0.3) is 0 Å².